The van der Waals surface area contributed by atoms with Gasteiger partial charge in [0.05, 0.1) is 0 Å². The summed E-state index contributed by atoms with van der Waals surface area (Å²) in [6.45, 7) is 9.63. The molecule has 72 valence electrons. The zero-order valence-corrected chi connectivity index (χ0v) is 8.93. The summed E-state index contributed by atoms with van der Waals surface area (Å²) in [7, 11) is 0. The summed E-state index contributed by atoms with van der Waals surface area (Å²) < 4.78 is 0. The van der Waals surface area contributed by atoms with E-state index >= 15 is 0 Å². The molecule has 0 aromatic heterocycles. The highest BCUT2D eigenvalue weighted by Crippen LogP contribution is 2.26. The third-order valence-electron chi connectivity index (χ3n) is 2.10. The topological polar surface area (TPSA) is 26.0 Å². The van der Waals surface area contributed by atoms with Gasteiger partial charge in [0, 0.05) is 6.54 Å². The van der Waals surface area contributed by atoms with Gasteiger partial charge in [-0.25, -0.2) is 0 Å². The second kappa shape index (κ2) is 5.36. The Morgan fingerprint density at radius 2 is 2.00 bits per heavy atom. The number of hydrogen-bond donors (Lipinski definition) is 1. The Morgan fingerprint density at radius 1 is 1.42 bits per heavy atom. The van der Waals surface area contributed by atoms with Crippen LogP contribution in [0, 0.1) is 11.3 Å². The summed E-state index contributed by atoms with van der Waals surface area (Å²) in [6.07, 6.45) is 6.77. The molecule has 12 heavy (non-hydrogen) atoms. The molecular weight excluding hydrogens is 146 g/mol. The molecule has 0 bridgehead atoms. The van der Waals surface area contributed by atoms with E-state index in [0.29, 0.717) is 0 Å². The van der Waals surface area contributed by atoms with Gasteiger partial charge in [-0.3, -0.25) is 0 Å². The maximum absolute atomic E-state index is 5.74. The fourth-order valence-corrected chi connectivity index (χ4v) is 1.55. The van der Waals surface area contributed by atoms with Gasteiger partial charge in [-0.1, -0.05) is 39.8 Å². The van der Waals surface area contributed by atoms with Gasteiger partial charge < -0.3 is 5.73 Å². The van der Waals surface area contributed by atoms with E-state index < -0.39 is 0 Å². The van der Waals surface area contributed by atoms with Crippen molar-refractivity contribution >= 4 is 0 Å². The van der Waals surface area contributed by atoms with E-state index in [4.69, 9.17) is 5.73 Å². The van der Waals surface area contributed by atoms with Gasteiger partial charge in [0.15, 0.2) is 0 Å². The molecule has 2 N–H and O–H groups in total. The molecule has 0 aromatic rings. The standard InChI is InChI=1S/C11H23N/c1-5-6-7-11(4,9-12)8-10(2)3/h6-7,10H,5,8-9,12H2,1-4H3/b7-6-. The highest BCUT2D eigenvalue weighted by Gasteiger charge is 2.19. The highest BCUT2D eigenvalue weighted by atomic mass is 14.6. The minimum atomic E-state index is 0.212. The van der Waals surface area contributed by atoms with Gasteiger partial charge in [-0.05, 0) is 24.2 Å². The Hall–Kier alpha value is -0.300. The fraction of sp³-hybridized carbons (Fsp3) is 0.818. The van der Waals surface area contributed by atoms with Gasteiger partial charge in [-0.15, -0.1) is 0 Å². The van der Waals surface area contributed by atoms with Crippen LogP contribution in [-0.2, 0) is 0 Å². The quantitative estimate of drug-likeness (QED) is 0.629. The number of hydrogen-bond acceptors (Lipinski definition) is 1. The van der Waals surface area contributed by atoms with E-state index in [1.807, 2.05) is 0 Å². The lowest BCUT2D eigenvalue weighted by Gasteiger charge is -2.26. The van der Waals surface area contributed by atoms with Crippen LogP contribution in [0.2, 0.25) is 0 Å². The van der Waals surface area contributed by atoms with Crippen LogP contribution in [0.25, 0.3) is 0 Å². The minimum Gasteiger partial charge on any atom is -0.330 e. The summed E-state index contributed by atoms with van der Waals surface area (Å²) in [5.41, 5.74) is 5.96. The lowest BCUT2D eigenvalue weighted by atomic mass is 9.81. The van der Waals surface area contributed by atoms with Crippen LogP contribution < -0.4 is 5.73 Å². The van der Waals surface area contributed by atoms with E-state index in [2.05, 4.69) is 39.8 Å². The molecule has 0 rings (SSSR count). The molecule has 0 saturated carbocycles. The third-order valence-corrected chi connectivity index (χ3v) is 2.10. The number of nitrogens with two attached hydrogens (primary N) is 1. The van der Waals surface area contributed by atoms with Crippen LogP contribution in [0.5, 0.6) is 0 Å². The molecule has 0 aliphatic carbocycles. The average Bonchev–Trinajstić information content (AvgIpc) is 2.00. The van der Waals surface area contributed by atoms with Crippen LogP contribution in [0.1, 0.15) is 40.5 Å². The van der Waals surface area contributed by atoms with Gasteiger partial charge in [0.2, 0.25) is 0 Å². The van der Waals surface area contributed by atoms with Crippen molar-refractivity contribution in [3.05, 3.63) is 12.2 Å². The highest BCUT2D eigenvalue weighted by molar-refractivity contribution is 4.98. The third kappa shape index (κ3) is 4.55. The summed E-state index contributed by atoms with van der Waals surface area (Å²) in [5, 5.41) is 0. The Balaban J connectivity index is 4.13. The maximum Gasteiger partial charge on any atom is 0.00116 e. The molecule has 1 nitrogen and oxygen atoms in total. The van der Waals surface area contributed by atoms with E-state index in [0.717, 1.165) is 18.9 Å². The zero-order chi connectivity index (χ0) is 9.61. The Bertz CT molecular complexity index is 138. The van der Waals surface area contributed by atoms with Crippen molar-refractivity contribution in [1.82, 2.24) is 0 Å². The Labute approximate surface area is 77.0 Å². The second-order valence-corrected chi connectivity index (χ2v) is 4.27. The molecule has 0 amide bonds. The zero-order valence-electron chi connectivity index (χ0n) is 8.93. The lowest BCUT2D eigenvalue weighted by molar-refractivity contribution is 0.342. The Morgan fingerprint density at radius 3 is 2.33 bits per heavy atom. The Kier molecular flexibility index (Phi) is 5.23. The summed E-state index contributed by atoms with van der Waals surface area (Å²) in [4.78, 5) is 0. The normalized spacial score (nSPS) is 17.2. The predicted molar refractivity (Wildman–Crippen MR) is 56.0 cm³/mol. The second-order valence-electron chi connectivity index (χ2n) is 4.27. The van der Waals surface area contributed by atoms with Crippen LogP contribution in [0.15, 0.2) is 12.2 Å². The van der Waals surface area contributed by atoms with Crippen molar-refractivity contribution in [1.29, 1.82) is 0 Å². The minimum absolute atomic E-state index is 0.212. The first-order valence-corrected chi connectivity index (χ1v) is 4.92. The van der Waals surface area contributed by atoms with Gasteiger partial charge >= 0.3 is 0 Å². The summed E-state index contributed by atoms with van der Waals surface area (Å²) in [6, 6.07) is 0. The maximum atomic E-state index is 5.74. The average molecular weight is 169 g/mol. The molecule has 0 aliphatic heterocycles. The lowest BCUT2D eigenvalue weighted by Crippen LogP contribution is -2.26. The van der Waals surface area contributed by atoms with E-state index in [1.54, 1.807) is 0 Å². The molecule has 0 heterocycles. The van der Waals surface area contributed by atoms with E-state index in [1.165, 1.54) is 6.42 Å². The van der Waals surface area contributed by atoms with Crippen molar-refractivity contribution in [3.63, 3.8) is 0 Å². The molecule has 1 unspecified atom stereocenters. The first-order valence-electron chi connectivity index (χ1n) is 4.92. The summed E-state index contributed by atoms with van der Waals surface area (Å²) >= 11 is 0. The van der Waals surface area contributed by atoms with Crippen LogP contribution in [-0.4, -0.2) is 6.54 Å². The van der Waals surface area contributed by atoms with Crippen molar-refractivity contribution in [2.24, 2.45) is 17.1 Å². The molecule has 0 aromatic carbocycles. The smallest absolute Gasteiger partial charge is 0.00116 e. The first-order chi connectivity index (χ1) is 5.54. The molecule has 1 atom stereocenters. The molecule has 0 aliphatic rings. The van der Waals surface area contributed by atoms with Crippen LogP contribution >= 0.6 is 0 Å². The van der Waals surface area contributed by atoms with Gasteiger partial charge in [-0.2, -0.15) is 0 Å². The number of allylic oxidation sites excluding steroid dienone is 1. The van der Waals surface area contributed by atoms with Crippen molar-refractivity contribution in [3.8, 4) is 0 Å². The van der Waals surface area contributed by atoms with Crippen LogP contribution in [0.3, 0.4) is 0 Å². The molecule has 0 radical (unpaired) electrons. The largest absolute Gasteiger partial charge is 0.330 e. The van der Waals surface area contributed by atoms with E-state index in [9.17, 15) is 0 Å². The van der Waals surface area contributed by atoms with Crippen LogP contribution in [0.4, 0.5) is 0 Å². The van der Waals surface area contributed by atoms with Crippen molar-refractivity contribution in [2.75, 3.05) is 6.54 Å². The summed E-state index contributed by atoms with van der Waals surface area (Å²) in [5.74, 6) is 0.722. The molecule has 1 heteroatoms. The van der Waals surface area contributed by atoms with Gasteiger partial charge in [0.1, 0.15) is 0 Å². The van der Waals surface area contributed by atoms with Gasteiger partial charge in [0.25, 0.3) is 0 Å². The molecule has 0 spiro atoms. The van der Waals surface area contributed by atoms with Crippen molar-refractivity contribution < 1.29 is 0 Å². The SMILES string of the molecule is CC/C=C\C(C)(CN)CC(C)C. The molecule has 0 fully saturated rings. The fourth-order valence-electron chi connectivity index (χ4n) is 1.55. The molecule has 0 saturated heterocycles. The predicted octanol–water partition coefficient (Wildman–Crippen LogP) is 2.96. The van der Waals surface area contributed by atoms with E-state index in [-0.39, 0.29) is 5.41 Å². The monoisotopic (exact) mass is 169 g/mol. The molecular formula is C11H23N. The first kappa shape index (κ1) is 11.7. The number of rotatable bonds is 5. The van der Waals surface area contributed by atoms with Crippen molar-refractivity contribution in [2.45, 2.75) is 40.5 Å².